The van der Waals surface area contributed by atoms with Crippen molar-refractivity contribution in [3.05, 3.63) is 119 Å². The fourth-order valence-corrected chi connectivity index (χ4v) is 11.1. The number of nitrogens with zero attached hydrogens (tertiary/aromatic N) is 6. The van der Waals surface area contributed by atoms with Gasteiger partial charge in [-0.3, -0.25) is 0 Å². The van der Waals surface area contributed by atoms with Gasteiger partial charge in [-0.05, 0) is 184 Å². The molecule has 0 saturated heterocycles. The van der Waals surface area contributed by atoms with Crippen molar-refractivity contribution in [3.8, 4) is 23.5 Å². The Bertz CT molecular complexity index is 2650. The van der Waals surface area contributed by atoms with E-state index in [0.717, 1.165) is 44.1 Å². The molecule has 64 heavy (non-hydrogen) atoms. The first-order chi connectivity index (χ1) is 30.3. The van der Waals surface area contributed by atoms with Crippen LogP contribution in [0, 0.1) is 46.1 Å². The Morgan fingerprint density at radius 3 is 1.30 bits per heavy atom. The summed E-state index contributed by atoms with van der Waals surface area (Å²) in [4.78, 5) is 0. The molecule has 2 fully saturated rings. The molecule has 6 aromatic rings. The average Bonchev–Trinajstić information content (AvgIpc) is 3.79. The molecule has 2 saturated carbocycles. The lowest BCUT2D eigenvalue weighted by atomic mass is 9.58. The van der Waals surface area contributed by atoms with Crippen LogP contribution in [0.4, 0.5) is 35.1 Å². The third kappa shape index (κ3) is 7.01. The van der Waals surface area contributed by atoms with Crippen LogP contribution < -0.4 is 0 Å². The minimum Gasteiger partial charge on any atom is -0.380 e. The van der Waals surface area contributed by atoms with Crippen molar-refractivity contribution in [1.82, 2.24) is 19.6 Å². The minimum atomic E-state index is -4.72. The van der Waals surface area contributed by atoms with Crippen LogP contribution in [0.3, 0.4) is 0 Å². The maximum Gasteiger partial charge on any atom is 0.417 e. The van der Waals surface area contributed by atoms with E-state index < -0.39 is 71.9 Å². The number of aryl methyl sites for hydroxylation is 2. The van der Waals surface area contributed by atoms with Gasteiger partial charge < -0.3 is 10.2 Å². The molecule has 10 rings (SSSR count). The molecule has 4 aliphatic carbocycles. The van der Waals surface area contributed by atoms with E-state index in [2.05, 4.69) is 22.3 Å². The summed E-state index contributed by atoms with van der Waals surface area (Å²) in [6.45, 7) is 0. The lowest BCUT2D eigenvalue weighted by molar-refractivity contribution is -0.277. The zero-order chi connectivity index (χ0) is 45.5. The standard InChI is InChI=1S/2C24H21F4N3O/c2*25-18-4-6-19(7-5-18)31-21-11-15-2-1-3-17-12-23(32,24(26,27)28)9-8-22(17,14-29)20(15)10-16(21)13-30-31/h2*4-7,10-11,13,17,32H,1-3,8-9,12H2/t2*17-,22+,23-/m10/s1. The Balaban J connectivity index is 0.000000162. The highest BCUT2D eigenvalue weighted by atomic mass is 19.4. The second-order valence-electron chi connectivity index (χ2n) is 18.0. The zero-order valence-corrected chi connectivity index (χ0v) is 34.3. The smallest absolute Gasteiger partial charge is 0.380 e. The Morgan fingerprint density at radius 1 is 0.578 bits per heavy atom. The Labute approximate surface area is 362 Å². The van der Waals surface area contributed by atoms with E-state index in [9.17, 15) is 55.9 Å². The summed E-state index contributed by atoms with van der Waals surface area (Å²) in [5.74, 6) is -1.87. The normalized spacial score (nSPS) is 27.9. The van der Waals surface area contributed by atoms with E-state index in [1.165, 1.54) is 24.3 Å². The molecule has 8 nitrogen and oxygen atoms in total. The Kier molecular flexibility index (Phi) is 10.5. The molecule has 0 unspecified atom stereocenters. The van der Waals surface area contributed by atoms with Gasteiger partial charge in [-0.25, -0.2) is 18.1 Å². The molecule has 0 spiro atoms. The number of halogens is 8. The van der Waals surface area contributed by atoms with Crippen LogP contribution in [0.15, 0.2) is 85.2 Å². The number of fused-ring (bicyclic) bond motifs is 8. The lowest BCUT2D eigenvalue weighted by Crippen LogP contribution is -2.54. The number of aliphatic hydroxyl groups is 2. The van der Waals surface area contributed by atoms with Crippen molar-refractivity contribution in [2.45, 2.75) is 111 Å². The number of hydrogen-bond acceptors (Lipinski definition) is 6. The monoisotopic (exact) mass is 886 g/mol. The van der Waals surface area contributed by atoms with E-state index in [4.69, 9.17) is 0 Å². The summed E-state index contributed by atoms with van der Waals surface area (Å²) in [7, 11) is 0. The summed E-state index contributed by atoms with van der Waals surface area (Å²) < 4.78 is 111. The highest BCUT2D eigenvalue weighted by Gasteiger charge is 2.63. The van der Waals surface area contributed by atoms with Gasteiger partial charge in [-0.2, -0.15) is 47.1 Å². The van der Waals surface area contributed by atoms with Crippen LogP contribution in [0.25, 0.3) is 33.2 Å². The quantitative estimate of drug-likeness (QED) is 0.167. The van der Waals surface area contributed by atoms with Crippen molar-refractivity contribution < 1.29 is 45.3 Å². The summed E-state index contributed by atoms with van der Waals surface area (Å²) >= 11 is 0. The van der Waals surface area contributed by atoms with E-state index in [1.807, 2.05) is 24.3 Å². The van der Waals surface area contributed by atoms with Gasteiger partial charge in [0, 0.05) is 10.8 Å². The number of alkyl halides is 6. The average molecular weight is 887 g/mol. The fourth-order valence-electron chi connectivity index (χ4n) is 11.1. The zero-order valence-electron chi connectivity index (χ0n) is 34.3. The largest absolute Gasteiger partial charge is 0.417 e. The SMILES string of the molecule is N#C[C@@]12CC[C@](O)(C(F)(F)F)C[C@H]1CCCc1cc3c(cnn3-c3ccc(F)cc3)cc12.N#C[C@]12CC[C@@](O)(C(F)(F)F)C[C@@H]1CCCc1cc3c(cnn3-c3ccc(F)cc3)cc12. The number of benzene rings is 4. The third-order valence-corrected chi connectivity index (χ3v) is 14.6. The van der Waals surface area contributed by atoms with E-state index in [-0.39, 0.29) is 24.5 Å². The maximum absolute atomic E-state index is 13.5. The molecule has 4 aliphatic rings. The molecule has 2 aromatic heterocycles. The number of aromatic nitrogens is 4. The predicted octanol–water partition coefficient (Wildman–Crippen LogP) is 10.7. The number of hydrogen-bond donors (Lipinski definition) is 2. The number of rotatable bonds is 2. The second kappa shape index (κ2) is 15.4. The molecular weight excluding hydrogens is 845 g/mol. The van der Waals surface area contributed by atoms with Crippen LogP contribution >= 0.6 is 0 Å². The molecule has 4 aromatic carbocycles. The molecule has 2 heterocycles. The molecule has 0 amide bonds. The van der Waals surface area contributed by atoms with Gasteiger partial charge in [0.2, 0.25) is 0 Å². The predicted molar refractivity (Wildman–Crippen MR) is 219 cm³/mol. The van der Waals surface area contributed by atoms with Crippen molar-refractivity contribution >= 4 is 21.8 Å². The van der Waals surface area contributed by atoms with Crippen LogP contribution in [-0.2, 0) is 23.7 Å². The summed E-state index contributed by atoms with van der Waals surface area (Å²) in [6, 6.07) is 24.3. The minimum absolute atomic E-state index is 0.0468. The van der Waals surface area contributed by atoms with Crippen molar-refractivity contribution in [1.29, 1.82) is 10.5 Å². The van der Waals surface area contributed by atoms with E-state index in [1.54, 1.807) is 46.0 Å². The van der Waals surface area contributed by atoms with Crippen molar-refractivity contribution in [2.75, 3.05) is 0 Å². The summed E-state index contributed by atoms with van der Waals surface area (Å²) in [5.41, 5.74) is -1.34. The maximum atomic E-state index is 13.5. The fraction of sp³-hybridized carbons (Fsp3) is 0.417. The van der Waals surface area contributed by atoms with Gasteiger partial charge in [-0.1, -0.05) is 0 Å². The van der Waals surface area contributed by atoms with Crippen molar-refractivity contribution in [2.24, 2.45) is 11.8 Å². The van der Waals surface area contributed by atoms with Gasteiger partial charge in [0.25, 0.3) is 0 Å². The first kappa shape index (κ1) is 43.4. The molecule has 0 aliphatic heterocycles. The van der Waals surface area contributed by atoms with Gasteiger partial charge in [-0.15, -0.1) is 0 Å². The summed E-state index contributed by atoms with van der Waals surface area (Å²) in [5, 5.41) is 51.5. The second-order valence-corrected chi connectivity index (χ2v) is 18.0. The first-order valence-electron chi connectivity index (χ1n) is 21.3. The molecule has 2 N–H and O–H groups in total. The molecule has 332 valence electrons. The molecule has 6 atom stereocenters. The Hall–Kier alpha value is -5.84. The van der Waals surface area contributed by atoms with Crippen LogP contribution in [0.5, 0.6) is 0 Å². The van der Waals surface area contributed by atoms with E-state index >= 15 is 0 Å². The highest BCUT2D eigenvalue weighted by Crippen LogP contribution is 2.57. The van der Waals surface area contributed by atoms with Crippen molar-refractivity contribution in [3.63, 3.8) is 0 Å². The lowest BCUT2D eigenvalue weighted by Gasteiger charge is -2.46. The molecule has 0 radical (unpaired) electrons. The van der Waals surface area contributed by atoms with Gasteiger partial charge in [0.1, 0.15) is 11.6 Å². The summed E-state index contributed by atoms with van der Waals surface area (Å²) in [6.07, 6.45) is -4.73. The molecular formula is C48H42F8N6O2. The van der Waals surface area contributed by atoms with E-state index in [0.29, 0.717) is 49.9 Å². The number of nitriles is 2. The van der Waals surface area contributed by atoms with Gasteiger partial charge in [0.15, 0.2) is 11.2 Å². The van der Waals surface area contributed by atoms with Gasteiger partial charge >= 0.3 is 12.4 Å². The van der Waals surface area contributed by atoms with Crippen LogP contribution in [-0.4, -0.2) is 53.3 Å². The van der Waals surface area contributed by atoms with Crippen LogP contribution in [0.2, 0.25) is 0 Å². The first-order valence-corrected chi connectivity index (χ1v) is 21.3. The topological polar surface area (TPSA) is 124 Å². The molecule has 0 bridgehead atoms. The highest BCUT2D eigenvalue weighted by molar-refractivity contribution is 5.84. The van der Waals surface area contributed by atoms with Gasteiger partial charge in [0.05, 0.1) is 57.8 Å². The van der Waals surface area contributed by atoms with Crippen LogP contribution in [0.1, 0.15) is 86.5 Å². The molecule has 16 heteroatoms. The Morgan fingerprint density at radius 2 is 0.953 bits per heavy atom. The third-order valence-electron chi connectivity index (χ3n) is 14.6.